The molecule has 0 radical (unpaired) electrons. The molecule has 0 saturated carbocycles. The van der Waals surface area contributed by atoms with E-state index in [1.165, 1.54) is 11.9 Å². The van der Waals surface area contributed by atoms with E-state index < -0.39 is 0 Å². The number of nitrogens with two attached hydrogens (primary N) is 1. The molecule has 0 aromatic rings. The molecule has 0 aromatic carbocycles. The molecule has 2 heterocycles. The van der Waals surface area contributed by atoms with E-state index in [1.807, 2.05) is 0 Å². The molecule has 0 aliphatic carbocycles. The second-order valence-corrected chi connectivity index (χ2v) is 3.74. The highest BCUT2D eigenvalue weighted by molar-refractivity contribution is 6.05. The highest BCUT2D eigenvalue weighted by Crippen LogP contribution is 2.31. The number of guanidine groups is 1. The highest BCUT2D eigenvalue weighted by Gasteiger charge is 2.51. The van der Waals surface area contributed by atoms with Gasteiger partial charge in [-0.2, -0.15) is 0 Å². The monoisotopic (exact) mass is 196 g/mol. The molecular formula is C8H12N4O2. The number of carbonyl (C=O) groups is 2. The van der Waals surface area contributed by atoms with Crippen LogP contribution in [0.1, 0.15) is 0 Å². The number of carbonyl (C=O) groups excluding carboxylic acids is 2. The van der Waals surface area contributed by atoms with E-state index in [-0.39, 0.29) is 29.6 Å². The van der Waals surface area contributed by atoms with Crippen LogP contribution in [0.2, 0.25) is 0 Å². The van der Waals surface area contributed by atoms with Crippen LogP contribution < -0.4 is 5.73 Å². The second-order valence-electron chi connectivity index (χ2n) is 3.74. The zero-order valence-electron chi connectivity index (χ0n) is 7.86. The molecule has 2 saturated heterocycles. The first-order chi connectivity index (χ1) is 6.52. The molecular weight excluding hydrogens is 184 g/mol. The van der Waals surface area contributed by atoms with Gasteiger partial charge in [-0.3, -0.25) is 19.9 Å². The summed E-state index contributed by atoms with van der Waals surface area (Å²) in [7, 11) is 1.50. The number of amides is 2. The number of nitrogens with one attached hydrogen (secondary N) is 1. The van der Waals surface area contributed by atoms with Crippen LogP contribution in [-0.4, -0.2) is 47.7 Å². The van der Waals surface area contributed by atoms with Crippen LogP contribution in [0.15, 0.2) is 0 Å². The third-order valence-electron chi connectivity index (χ3n) is 2.96. The predicted molar refractivity (Wildman–Crippen MR) is 48.2 cm³/mol. The molecule has 2 fully saturated rings. The normalized spacial score (nSPS) is 31.2. The van der Waals surface area contributed by atoms with Crippen molar-refractivity contribution in [3.8, 4) is 0 Å². The van der Waals surface area contributed by atoms with E-state index in [1.54, 1.807) is 4.90 Å². The second kappa shape index (κ2) is 2.70. The average Bonchev–Trinajstić information content (AvgIpc) is 2.64. The molecule has 0 spiro atoms. The van der Waals surface area contributed by atoms with E-state index in [4.69, 9.17) is 11.1 Å². The van der Waals surface area contributed by atoms with Crippen LogP contribution in [0.25, 0.3) is 0 Å². The van der Waals surface area contributed by atoms with Gasteiger partial charge in [-0.1, -0.05) is 0 Å². The Morgan fingerprint density at radius 3 is 2.14 bits per heavy atom. The number of nitrogens with zero attached hydrogens (tertiary/aromatic N) is 2. The van der Waals surface area contributed by atoms with Gasteiger partial charge in [0.1, 0.15) is 0 Å². The van der Waals surface area contributed by atoms with Crippen LogP contribution >= 0.6 is 0 Å². The molecule has 14 heavy (non-hydrogen) atoms. The number of hydrogen-bond acceptors (Lipinski definition) is 3. The van der Waals surface area contributed by atoms with Gasteiger partial charge in [-0.15, -0.1) is 0 Å². The summed E-state index contributed by atoms with van der Waals surface area (Å²) in [5.74, 6) is -0.956. The highest BCUT2D eigenvalue weighted by atomic mass is 16.2. The topological polar surface area (TPSA) is 90.5 Å². The van der Waals surface area contributed by atoms with Crippen molar-refractivity contribution in [2.24, 2.45) is 17.6 Å². The van der Waals surface area contributed by atoms with E-state index >= 15 is 0 Å². The van der Waals surface area contributed by atoms with Crippen LogP contribution in [0, 0.1) is 17.2 Å². The number of hydrogen-bond donors (Lipinski definition) is 2. The molecule has 2 atom stereocenters. The summed E-state index contributed by atoms with van der Waals surface area (Å²) in [4.78, 5) is 25.8. The van der Waals surface area contributed by atoms with Crippen molar-refractivity contribution in [2.45, 2.75) is 0 Å². The van der Waals surface area contributed by atoms with Crippen molar-refractivity contribution in [3.05, 3.63) is 0 Å². The number of fused-ring (bicyclic) bond motifs is 1. The Bertz CT molecular complexity index is 303. The molecule has 2 amide bonds. The lowest BCUT2D eigenvalue weighted by atomic mass is 10.00. The van der Waals surface area contributed by atoms with Crippen LogP contribution in [-0.2, 0) is 9.59 Å². The summed E-state index contributed by atoms with van der Waals surface area (Å²) in [5.41, 5.74) is 5.30. The van der Waals surface area contributed by atoms with Crippen LogP contribution in [0.3, 0.4) is 0 Å². The van der Waals surface area contributed by atoms with Gasteiger partial charge in [-0.25, -0.2) is 0 Å². The Morgan fingerprint density at radius 2 is 1.79 bits per heavy atom. The number of imide groups is 1. The summed E-state index contributed by atoms with van der Waals surface area (Å²) < 4.78 is 0. The van der Waals surface area contributed by atoms with Crippen molar-refractivity contribution in [1.82, 2.24) is 9.80 Å². The molecule has 2 aliphatic rings. The first kappa shape index (κ1) is 8.98. The average molecular weight is 196 g/mol. The predicted octanol–water partition coefficient (Wildman–Crippen LogP) is -1.57. The molecule has 2 aliphatic heterocycles. The minimum Gasteiger partial charge on any atom is -0.370 e. The van der Waals surface area contributed by atoms with E-state index in [0.29, 0.717) is 13.1 Å². The molecule has 6 nitrogen and oxygen atoms in total. The molecule has 0 bridgehead atoms. The zero-order valence-corrected chi connectivity index (χ0v) is 7.86. The maximum atomic E-state index is 11.5. The van der Waals surface area contributed by atoms with Crippen molar-refractivity contribution < 1.29 is 9.59 Å². The maximum Gasteiger partial charge on any atom is 0.234 e. The van der Waals surface area contributed by atoms with Crippen molar-refractivity contribution in [3.63, 3.8) is 0 Å². The molecule has 76 valence electrons. The number of rotatable bonds is 0. The molecule has 2 rings (SSSR count). The summed E-state index contributed by atoms with van der Waals surface area (Å²) in [6.45, 7) is 0.795. The van der Waals surface area contributed by atoms with E-state index in [0.717, 1.165) is 0 Å². The fraction of sp³-hybridized carbons (Fsp3) is 0.625. The Balaban J connectivity index is 2.20. The summed E-state index contributed by atoms with van der Waals surface area (Å²) in [5, 5.41) is 7.22. The Labute approximate surface area is 81.2 Å². The van der Waals surface area contributed by atoms with Crippen LogP contribution in [0.5, 0.6) is 0 Å². The van der Waals surface area contributed by atoms with Gasteiger partial charge in [0, 0.05) is 20.1 Å². The fourth-order valence-electron chi connectivity index (χ4n) is 2.11. The SMILES string of the molecule is CN1C(=O)C2CN(C(=N)N)CC2C1=O. The quantitative estimate of drug-likeness (QED) is 0.278. The minimum absolute atomic E-state index is 0.0670. The van der Waals surface area contributed by atoms with Gasteiger partial charge < -0.3 is 10.6 Å². The fourth-order valence-corrected chi connectivity index (χ4v) is 2.11. The first-order valence-electron chi connectivity index (χ1n) is 4.42. The van der Waals surface area contributed by atoms with E-state index in [2.05, 4.69) is 0 Å². The zero-order chi connectivity index (χ0) is 10.5. The maximum absolute atomic E-state index is 11.5. The Hall–Kier alpha value is -1.59. The van der Waals surface area contributed by atoms with Gasteiger partial charge in [-0.05, 0) is 0 Å². The van der Waals surface area contributed by atoms with Gasteiger partial charge in [0.25, 0.3) is 0 Å². The third kappa shape index (κ3) is 0.997. The number of likely N-dealkylation sites (tertiary alicyclic amines) is 2. The van der Waals surface area contributed by atoms with Crippen molar-refractivity contribution in [2.75, 3.05) is 20.1 Å². The van der Waals surface area contributed by atoms with Crippen molar-refractivity contribution >= 4 is 17.8 Å². The van der Waals surface area contributed by atoms with Crippen LogP contribution in [0.4, 0.5) is 0 Å². The Kier molecular flexibility index (Phi) is 1.73. The lowest BCUT2D eigenvalue weighted by molar-refractivity contribution is -0.138. The largest absolute Gasteiger partial charge is 0.370 e. The molecule has 0 aromatic heterocycles. The summed E-state index contributed by atoms with van der Waals surface area (Å²) >= 11 is 0. The lowest BCUT2D eigenvalue weighted by Crippen LogP contribution is -2.39. The van der Waals surface area contributed by atoms with Gasteiger partial charge in [0.2, 0.25) is 11.8 Å². The molecule has 2 unspecified atom stereocenters. The van der Waals surface area contributed by atoms with E-state index in [9.17, 15) is 9.59 Å². The summed E-state index contributed by atoms with van der Waals surface area (Å²) in [6, 6.07) is 0. The standard InChI is InChI=1S/C8H12N4O2/c1-11-6(13)4-2-12(8(9)10)3-5(4)7(11)14/h4-5H,2-3H2,1H3,(H3,9,10). The Morgan fingerprint density at radius 1 is 1.36 bits per heavy atom. The van der Waals surface area contributed by atoms with Crippen molar-refractivity contribution in [1.29, 1.82) is 5.41 Å². The molecule has 6 heteroatoms. The van der Waals surface area contributed by atoms with Gasteiger partial charge >= 0.3 is 0 Å². The summed E-state index contributed by atoms with van der Waals surface area (Å²) in [6.07, 6.45) is 0. The smallest absolute Gasteiger partial charge is 0.234 e. The van der Waals surface area contributed by atoms with Gasteiger partial charge in [0.15, 0.2) is 5.96 Å². The third-order valence-corrected chi connectivity index (χ3v) is 2.96. The molecule has 3 N–H and O–H groups in total. The van der Waals surface area contributed by atoms with Gasteiger partial charge in [0.05, 0.1) is 11.8 Å². The first-order valence-corrected chi connectivity index (χ1v) is 4.42. The minimum atomic E-state index is -0.295. The lowest BCUT2D eigenvalue weighted by Gasteiger charge is -2.17.